The standard InChI is InChI=1S/C8H18N2O/c1-10(4-3-5-11-2)8-6-9-7-8/h8-9H,3-7H2,1-2H3. The summed E-state index contributed by atoms with van der Waals surface area (Å²) >= 11 is 0. The van der Waals surface area contributed by atoms with Crippen LogP contribution in [0.3, 0.4) is 0 Å². The van der Waals surface area contributed by atoms with E-state index in [1.807, 2.05) is 0 Å². The molecule has 0 aromatic rings. The van der Waals surface area contributed by atoms with Gasteiger partial charge in [-0.25, -0.2) is 0 Å². The summed E-state index contributed by atoms with van der Waals surface area (Å²) in [5.74, 6) is 0. The fraction of sp³-hybridized carbons (Fsp3) is 1.00. The predicted molar refractivity (Wildman–Crippen MR) is 45.8 cm³/mol. The second-order valence-corrected chi connectivity index (χ2v) is 3.14. The second-order valence-electron chi connectivity index (χ2n) is 3.14. The van der Waals surface area contributed by atoms with Crippen LogP contribution in [0.25, 0.3) is 0 Å². The average molecular weight is 158 g/mol. The minimum atomic E-state index is 0.770. The molecule has 0 unspecified atom stereocenters. The summed E-state index contributed by atoms with van der Waals surface area (Å²) in [4.78, 5) is 2.40. The first-order valence-corrected chi connectivity index (χ1v) is 4.24. The van der Waals surface area contributed by atoms with Crippen molar-refractivity contribution in [1.82, 2.24) is 10.2 Å². The Labute approximate surface area is 68.7 Å². The Kier molecular flexibility index (Phi) is 3.83. The lowest BCUT2D eigenvalue weighted by molar-refractivity contribution is 0.144. The van der Waals surface area contributed by atoms with Gasteiger partial charge in [-0.05, 0) is 13.5 Å². The first-order chi connectivity index (χ1) is 5.34. The Morgan fingerprint density at radius 1 is 1.55 bits per heavy atom. The van der Waals surface area contributed by atoms with E-state index in [1.165, 1.54) is 0 Å². The van der Waals surface area contributed by atoms with E-state index in [0.717, 1.165) is 38.7 Å². The Balaban J connectivity index is 1.96. The zero-order valence-corrected chi connectivity index (χ0v) is 7.47. The molecular formula is C8H18N2O. The summed E-state index contributed by atoms with van der Waals surface area (Å²) in [6, 6.07) is 0.770. The van der Waals surface area contributed by atoms with E-state index in [1.54, 1.807) is 7.11 Å². The number of rotatable bonds is 5. The Bertz CT molecular complexity index is 104. The van der Waals surface area contributed by atoms with Gasteiger partial charge in [0.25, 0.3) is 0 Å². The van der Waals surface area contributed by atoms with Gasteiger partial charge < -0.3 is 15.0 Å². The molecule has 0 saturated carbocycles. The number of methoxy groups -OCH3 is 1. The van der Waals surface area contributed by atoms with Gasteiger partial charge >= 0.3 is 0 Å². The van der Waals surface area contributed by atoms with Crippen LogP contribution in [0.15, 0.2) is 0 Å². The first-order valence-electron chi connectivity index (χ1n) is 4.24. The molecule has 1 aliphatic heterocycles. The topological polar surface area (TPSA) is 24.5 Å². The lowest BCUT2D eigenvalue weighted by Crippen LogP contribution is -2.56. The molecule has 1 N–H and O–H groups in total. The smallest absolute Gasteiger partial charge is 0.0474 e. The summed E-state index contributed by atoms with van der Waals surface area (Å²) in [7, 11) is 3.94. The zero-order valence-electron chi connectivity index (χ0n) is 7.47. The number of hydrogen-bond donors (Lipinski definition) is 1. The molecule has 0 aromatic heterocycles. The monoisotopic (exact) mass is 158 g/mol. The molecule has 0 aliphatic carbocycles. The maximum atomic E-state index is 4.98. The van der Waals surface area contributed by atoms with Crippen LogP contribution in [0, 0.1) is 0 Å². The molecule has 1 saturated heterocycles. The Morgan fingerprint density at radius 2 is 2.27 bits per heavy atom. The maximum absolute atomic E-state index is 4.98. The molecule has 3 heteroatoms. The largest absolute Gasteiger partial charge is 0.385 e. The van der Waals surface area contributed by atoms with Gasteiger partial charge in [-0.2, -0.15) is 0 Å². The SMILES string of the molecule is COCCCN(C)C1CNC1. The van der Waals surface area contributed by atoms with Crippen LogP contribution >= 0.6 is 0 Å². The van der Waals surface area contributed by atoms with Crippen LogP contribution in [0.5, 0.6) is 0 Å². The molecule has 66 valence electrons. The van der Waals surface area contributed by atoms with E-state index >= 15 is 0 Å². The number of hydrogen-bond acceptors (Lipinski definition) is 3. The van der Waals surface area contributed by atoms with Crippen molar-refractivity contribution < 1.29 is 4.74 Å². The number of ether oxygens (including phenoxy) is 1. The van der Waals surface area contributed by atoms with Crippen molar-refractivity contribution in [3.05, 3.63) is 0 Å². The quantitative estimate of drug-likeness (QED) is 0.567. The van der Waals surface area contributed by atoms with Crippen LogP contribution < -0.4 is 5.32 Å². The van der Waals surface area contributed by atoms with Crippen LogP contribution in [0.4, 0.5) is 0 Å². The van der Waals surface area contributed by atoms with Crippen molar-refractivity contribution in [3.63, 3.8) is 0 Å². The molecule has 0 spiro atoms. The fourth-order valence-corrected chi connectivity index (χ4v) is 1.23. The lowest BCUT2D eigenvalue weighted by Gasteiger charge is -2.35. The molecular weight excluding hydrogens is 140 g/mol. The normalized spacial score (nSPS) is 18.8. The van der Waals surface area contributed by atoms with Gasteiger partial charge in [-0.3, -0.25) is 0 Å². The van der Waals surface area contributed by atoms with Gasteiger partial charge in [-0.15, -0.1) is 0 Å². The highest BCUT2D eigenvalue weighted by Gasteiger charge is 2.20. The molecule has 1 fully saturated rings. The Hall–Kier alpha value is -0.120. The molecule has 1 heterocycles. The van der Waals surface area contributed by atoms with Gasteiger partial charge in [0.05, 0.1) is 0 Å². The molecule has 1 rings (SSSR count). The van der Waals surface area contributed by atoms with Crippen LogP contribution in [-0.4, -0.2) is 51.3 Å². The van der Waals surface area contributed by atoms with E-state index in [2.05, 4.69) is 17.3 Å². The van der Waals surface area contributed by atoms with Crippen molar-refractivity contribution in [3.8, 4) is 0 Å². The van der Waals surface area contributed by atoms with Crippen molar-refractivity contribution in [2.75, 3.05) is 40.4 Å². The van der Waals surface area contributed by atoms with Gasteiger partial charge in [0.1, 0.15) is 0 Å². The molecule has 0 atom stereocenters. The van der Waals surface area contributed by atoms with E-state index in [4.69, 9.17) is 4.74 Å². The molecule has 1 aliphatic rings. The highest BCUT2D eigenvalue weighted by atomic mass is 16.5. The molecule has 0 bridgehead atoms. The minimum absolute atomic E-state index is 0.770. The molecule has 11 heavy (non-hydrogen) atoms. The van der Waals surface area contributed by atoms with Crippen LogP contribution in [0.1, 0.15) is 6.42 Å². The van der Waals surface area contributed by atoms with E-state index in [0.29, 0.717) is 0 Å². The van der Waals surface area contributed by atoms with Gasteiger partial charge in [0.2, 0.25) is 0 Å². The second kappa shape index (κ2) is 4.70. The van der Waals surface area contributed by atoms with Crippen LogP contribution in [-0.2, 0) is 4.74 Å². The van der Waals surface area contributed by atoms with Gasteiger partial charge in [0.15, 0.2) is 0 Å². The van der Waals surface area contributed by atoms with Crippen molar-refractivity contribution in [2.24, 2.45) is 0 Å². The molecule has 3 nitrogen and oxygen atoms in total. The highest BCUT2D eigenvalue weighted by Crippen LogP contribution is 2.01. The highest BCUT2D eigenvalue weighted by molar-refractivity contribution is 4.82. The number of nitrogens with zero attached hydrogens (tertiary/aromatic N) is 1. The van der Waals surface area contributed by atoms with E-state index in [9.17, 15) is 0 Å². The van der Waals surface area contributed by atoms with Crippen molar-refractivity contribution in [1.29, 1.82) is 0 Å². The number of nitrogens with one attached hydrogen (secondary N) is 1. The summed E-state index contributed by atoms with van der Waals surface area (Å²) in [5.41, 5.74) is 0. The van der Waals surface area contributed by atoms with Gasteiger partial charge in [0, 0.05) is 39.4 Å². The maximum Gasteiger partial charge on any atom is 0.0474 e. The third-order valence-corrected chi connectivity index (χ3v) is 2.24. The molecule has 0 radical (unpaired) electrons. The van der Waals surface area contributed by atoms with E-state index in [-0.39, 0.29) is 0 Å². The molecule has 0 aromatic carbocycles. The summed E-state index contributed by atoms with van der Waals surface area (Å²) in [6.07, 6.45) is 1.14. The summed E-state index contributed by atoms with van der Waals surface area (Å²) < 4.78 is 4.98. The number of likely N-dealkylation sites (N-methyl/N-ethyl adjacent to an activating group) is 1. The first kappa shape index (κ1) is 8.97. The summed E-state index contributed by atoms with van der Waals surface area (Å²) in [5, 5.41) is 3.26. The summed E-state index contributed by atoms with van der Waals surface area (Å²) in [6.45, 7) is 4.34. The molecule has 0 amide bonds. The third kappa shape index (κ3) is 2.77. The zero-order chi connectivity index (χ0) is 8.10. The average Bonchev–Trinajstić information content (AvgIpc) is 1.84. The van der Waals surface area contributed by atoms with Crippen LogP contribution in [0.2, 0.25) is 0 Å². The Morgan fingerprint density at radius 3 is 2.73 bits per heavy atom. The van der Waals surface area contributed by atoms with Crippen molar-refractivity contribution >= 4 is 0 Å². The predicted octanol–water partition coefficient (Wildman–Crippen LogP) is -0.0735. The van der Waals surface area contributed by atoms with Gasteiger partial charge in [-0.1, -0.05) is 0 Å². The fourth-order valence-electron chi connectivity index (χ4n) is 1.23. The lowest BCUT2D eigenvalue weighted by atomic mass is 10.1. The van der Waals surface area contributed by atoms with Crippen molar-refractivity contribution in [2.45, 2.75) is 12.5 Å². The third-order valence-electron chi connectivity index (χ3n) is 2.24. The minimum Gasteiger partial charge on any atom is -0.385 e. The van der Waals surface area contributed by atoms with E-state index < -0.39 is 0 Å².